The van der Waals surface area contributed by atoms with E-state index in [2.05, 4.69) is 36.5 Å². The van der Waals surface area contributed by atoms with Crippen LogP contribution in [0.3, 0.4) is 0 Å². The van der Waals surface area contributed by atoms with E-state index in [9.17, 15) is 4.79 Å². The Balaban J connectivity index is 1.64. The highest BCUT2D eigenvalue weighted by Crippen LogP contribution is 2.29. The number of thioether (sulfide) groups is 1. The van der Waals surface area contributed by atoms with E-state index >= 15 is 0 Å². The lowest BCUT2D eigenvalue weighted by molar-refractivity contribution is 0.0857. The normalized spacial score (nSPS) is 16.5. The lowest BCUT2D eigenvalue weighted by Crippen LogP contribution is -2.31. The molecule has 1 N–H and O–H groups in total. The van der Waals surface area contributed by atoms with Crippen LogP contribution in [-0.2, 0) is 10.5 Å². The predicted octanol–water partition coefficient (Wildman–Crippen LogP) is 4.20. The molecule has 1 aliphatic heterocycles. The number of amides is 1. The summed E-state index contributed by atoms with van der Waals surface area (Å²) in [5.41, 5.74) is 2.92. The fraction of sp³-hybridized carbons (Fsp3) is 0.381. The van der Waals surface area contributed by atoms with Crippen LogP contribution >= 0.6 is 11.8 Å². The number of methoxy groups -OCH3 is 1. The quantitative estimate of drug-likeness (QED) is 0.741. The molecule has 0 bridgehead atoms. The average molecular weight is 372 g/mol. The van der Waals surface area contributed by atoms with Gasteiger partial charge in [-0.25, -0.2) is 0 Å². The molecule has 1 heterocycles. The van der Waals surface area contributed by atoms with Crippen LogP contribution < -0.4 is 10.1 Å². The van der Waals surface area contributed by atoms with E-state index in [-0.39, 0.29) is 12.0 Å². The summed E-state index contributed by atoms with van der Waals surface area (Å²) in [6, 6.07) is 14.0. The number of ether oxygens (including phenoxy) is 2. The van der Waals surface area contributed by atoms with E-state index in [4.69, 9.17) is 9.47 Å². The molecule has 0 aromatic heterocycles. The first-order chi connectivity index (χ1) is 12.7. The summed E-state index contributed by atoms with van der Waals surface area (Å²) in [5, 5.41) is 2.97. The standard InChI is InChI=1S/C21H25NO3S/c1-15-5-8-19(9-6-15)26-14-17-12-16(7-10-20(17)24-2)21(23)22-13-18-4-3-11-25-18/h5-10,12,18H,3-4,11,13-14H2,1-2H3,(H,22,23). The molecular formula is C21H25NO3S. The molecule has 0 radical (unpaired) electrons. The van der Waals surface area contributed by atoms with Gasteiger partial charge in [-0.1, -0.05) is 17.7 Å². The molecule has 1 aliphatic rings. The molecule has 1 fully saturated rings. The Labute approximate surface area is 159 Å². The summed E-state index contributed by atoms with van der Waals surface area (Å²) in [4.78, 5) is 13.7. The maximum atomic E-state index is 12.5. The molecule has 138 valence electrons. The maximum Gasteiger partial charge on any atom is 0.251 e. The number of carbonyl (C=O) groups excluding carboxylic acids is 1. The Kier molecular flexibility index (Phi) is 6.58. The molecule has 0 aliphatic carbocycles. The van der Waals surface area contributed by atoms with E-state index in [1.165, 1.54) is 10.5 Å². The third-order valence-electron chi connectivity index (χ3n) is 4.47. The van der Waals surface area contributed by atoms with E-state index < -0.39 is 0 Å². The maximum absolute atomic E-state index is 12.5. The van der Waals surface area contributed by atoms with Gasteiger partial charge in [0.25, 0.3) is 5.91 Å². The second kappa shape index (κ2) is 9.10. The van der Waals surface area contributed by atoms with Crippen LogP contribution in [0, 0.1) is 6.92 Å². The second-order valence-corrected chi connectivity index (χ2v) is 7.52. The summed E-state index contributed by atoms with van der Waals surface area (Å²) in [6.45, 7) is 3.44. The van der Waals surface area contributed by atoms with Gasteiger partial charge >= 0.3 is 0 Å². The molecule has 26 heavy (non-hydrogen) atoms. The summed E-state index contributed by atoms with van der Waals surface area (Å²) in [7, 11) is 1.66. The highest BCUT2D eigenvalue weighted by Gasteiger charge is 2.17. The number of hydrogen-bond acceptors (Lipinski definition) is 4. The average Bonchev–Trinajstić information content (AvgIpc) is 3.19. The zero-order valence-corrected chi connectivity index (χ0v) is 16.1. The molecule has 1 unspecified atom stereocenters. The minimum absolute atomic E-state index is 0.0651. The molecule has 2 aromatic rings. The van der Waals surface area contributed by atoms with Gasteiger partial charge in [-0.15, -0.1) is 11.8 Å². The first kappa shape index (κ1) is 18.8. The van der Waals surface area contributed by atoms with Crippen LogP contribution in [0.5, 0.6) is 5.75 Å². The molecule has 4 nitrogen and oxygen atoms in total. The van der Waals surface area contributed by atoms with Crippen molar-refractivity contribution in [1.29, 1.82) is 0 Å². The Morgan fingerprint density at radius 1 is 1.27 bits per heavy atom. The van der Waals surface area contributed by atoms with Gasteiger partial charge in [-0.3, -0.25) is 4.79 Å². The highest BCUT2D eigenvalue weighted by atomic mass is 32.2. The summed E-state index contributed by atoms with van der Waals surface area (Å²) < 4.78 is 11.0. The molecule has 5 heteroatoms. The first-order valence-corrected chi connectivity index (χ1v) is 9.90. The second-order valence-electron chi connectivity index (χ2n) is 6.47. The van der Waals surface area contributed by atoms with Gasteiger partial charge in [0, 0.05) is 34.9 Å². The smallest absolute Gasteiger partial charge is 0.251 e. The number of carbonyl (C=O) groups is 1. The van der Waals surface area contributed by atoms with Crippen molar-refractivity contribution < 1.29 is 14.3 Å². The molecular weight excluding hydrogens is 346 g/mol. The Morgan fingerprint density at radius 2 is 2.08 bits per heavy atom. The van der Waals surface area contributed by atoms with Gasteiger partial charge in [-0.2, -0.15) is 0 Å². The van der Waals surface area contributed by atoms with E-state index in [0.29, 0.717) is 12.1 Å². The SMILES string of the molecule is COc1ccc(C(=O)NCC2CCCO2)cc1CSc1ccc(C)cc1. The van der Waals surface area contributed by atoms with Gasteiger partial charge in [0.1, 0.15) is 5.75 Å². The van der Waals surface area contributed by atoms with Crippen LogP contribution in [0.1, 0.15) is 34.3 Å². The van der Waals surface area contributed by atoms with E-state index in [1.54, 1.807) is 18.9 Å². The van der Waals surface area contributed by atoms with Crippen molar-refractivity contribution in [1.82, 2.24) is 5.32 Å². The van der Waals surface area contributed by atoms with Gasteiger partial charge in [0.15, 0.2) is 0 Å². The summed E-state index contributed by atoms with van der Waals surface area (Å²) >= 11 is 1.73. The highest BCUT2D eigenvalue weighted by molar-refractivity contribution is 7.98. The number of hydrogen-bond donors (Lipinski definition) is 1. The Bertz CT molecular complexity index is 739. The molecule has 1 saturated heterocycles. The lowest BCUT2D eigenvalue weighted by Gasteiger charge is -2.13. The van der Waals surface area contributed by atoms with Crippen LogP contribution in [0.15, 0.2) is 47.4 Å². The summed E-state index contributed by atoms with van der Waals surface area (Å²) in [5.74, 6) is 1.49. The van der Waals surface area contributed by atoms with Gasteiger partial charge in [-0.05, 0) is 50.1 Å². The molecule has 1 atom stereocenters. The van der Waals surface area contributed by atoms with Gasteiger partial charge in [0.05, 0.1) is 13.2 Å². The Hall–Kier alpha value is -1.98. The lowest BCUT2D eigenvalue weighted by atomic mass is 10.1. The van der Waals surface area contributed by atoms with Crippen molar-refractivity contribution in [2.24, 2.45) is 0 Å². The number of benzene rings is 2. The Morgan fingerprint density at radius 3 is 2.77 bits per heavy atom. The van der Waals surface area contributed by atoms with Crippen LogP contribution in [0.2, 0.25) is 0 Å². The molecule has 0 saturated carbocycles. The fourth-order valence-electron chi connectivity index (χ4n) is 2.94. The van der Waals surface area contributed by atoms with Crippen molar-refractivity contribution >= 4 is 17.7 Å². The predicted molar refractivity (Wildman–Crippen MR) is 105 cm³/mol. The minimum atomic E-state index is -0.0651. The van der Waals surface area contributed by atoms with Crippen molar-refractivity contribution in [3.05, 3.63) is 59.2 Å². The van der Waals surface area contributed by atoms with Crippen molar-refractivity contribution in [3.63, 3.8) is 0 Å². The van der Waals surface area contributed by atoms with Crippen molar-refractivity contribution in [2.45, 2.75) is 36.5 Å². The van der Waals surface area contributed by atoms with E-state index in [1.807, 2.05) is 18.2 Å². The topological polar surface area (TPSA) is 47.6 Å². The molecule has 3 rings (SSSR count). The zero-order chi connectivity index (χ0) is 18.4. The van der Waals surface area contributed by atoms with Gasteiger partial charge < -0.3 is 14.8 Å². The fourth-order valence-corrected chi connectivity index (χ4v) is 3.82. The largest absolute Gasteiger partial charge is 0.496 e. The summed E-state index contributed by atoms with van der Waals surface area (Å²) in [6.07, 6.45) is 2.24. The third-order valence-corrected chi connectivity index (χ3v) is 5.53. The number of rotatable bonds is 7. The third kappa shape index (κ3) is 5.02. The first-order valence-electron chi connectivity index (χ1n) is 8.92. The molecule has 1 amide bonds. The van der Waals surface area contributed by atoms with Crippen LogP contribution in [-0.4, -0.2) is 32.3 Å². The number of nitrogens with one attached hydrogen (secondary N) is 1. The van der Waals surface area contributed by atoms with Crippen molar-refractivity contribution in [2.75, 3.05) is 20.3 Å². The van der Waals surface area contributed by atoms with E-state index in [0.717, 1.165) is 36.5 Å². The zero-order valence-electron chi connectivity index (χ0n) is 15.3. The number of aryl methyl sites for hydroxylation is 1. The van der Waals surface area contributed by atoms with Gasteiger partial charge in [0.2, 0.25) is 0 Å². The van der Waals surface area contributed by atoms with Crippen LogP contribution in [0.4, 0.5) is 0 Å². The van der Waals surface area contributed by atoms with Crippen LogP contribution in [0.25, 0.3) is 0 Å². The monoisotopic (exact) mass is 371 g/mol. The molecule has 2 aromatic carbocycles. The molecule has 0 spiro atoms. The van der Waals surface area contributed by atoms with Crippen molar-refractivity contribution in [3.8, 4) is 5.75 Å². The minimum Gasteiger partial charge on any atom is -0.496 e.